The maximum absolute atomic E-state index is 12.6. The van der Waals surface area contributed by atoms with Crippen LogP contribution >= 0.6 is 0 Å². The smallest absolute Gasteiger partial charge is 0.350 e. The van der Waals surface area contributed by atoms with E-state index in [9.17, 15) is 54.8 Å². The number of carbonyl (C=O) groups excluding carboxylic acids is 3. The summed E-state index contributed by atoms with van der Waals surface area (Å²) in [5, 5.41) is 50.6. The van der Waals surface area contributed by atoms with Crippen molar-refractivity contribution in [2.24, 2.45) is 5.10 Å². The van der Waals surface area contributed by atoms with Gasteiger partial charge in [-0.2, -0.15) is 5.10 Å². The van der Waals surface area contributed by atoms with Gasteiger partial charge < -0.3 is 10.1 Å². The number of hydrogen-bond donors (Lipinski definition) is 2. The monoisotopic (exact) mass is 643 g/mol. The van der Waals surface area contributed by atoms with Gasteiger partial charge >= 0.3 is 5.97 Å². The Hall–Kier alpha value is -7.44. The molecule has 0 saturated heterocycles. The molecule has 0 aliphatic heterocycles. The Bertz CT molecular complexity index is 1980. The SMILES string of the molecule is O=C(NN=Cc1ccc(OC(=O)c2ccc([N+](=O)[O-])cc2[N+](=O)[O-])cc1)c1ccc(NC(=O)c2ccc([N+](=O)[O-])cc2[N+](=O)[O-])cc1. The van der Waals surface area contributed by atoms with Crippen LogP contribution in [0.1, 0.15) is 36.6 Å². The molecule has 2 amide bonds. The van der Waals surface area contributed by atoms with Crippen LogP contribution in [0.3, 0.4) is 0 Å². The normalized spacial score (nSPS) is 10.6. The first kappa shape index (κ1) is 32.5. The summed E-state index contributed by atoms with van der Waals surface area (Å²) in [5.74, 6) is -2.65. The molecule has 0 radical (unpaired) electrons. The van der Waals surface area contributed by atoms with Crippen molar-refractivity contribution in [2.45, 2.75) is 0 Å². The molecule has 4 rings (SSSR count). The van der Waals surface area contributed by atoms with Crippen LogP contribution in [0.15, 0.2) is 90.0 Å². The van der Waals surface area contributed by atoms with Crippen molar-refractivity contribution in [3.05, 3.63) is 148 Å². The van der Waals surface area contributed by atoms with E-state index in [-0.39, 0.29) is 17.0 Å². The average Bonchev–Trinajstić information content (AvgIpc) is 3.05. The van der Waals surface area contributed by atoms with Crippen LogP contribution in [-0.2, 0) is 0 Å². The van der Waals surface area contributed by atoms with Gasteiger partial charge in [0.15, 0.2) is 0 Å². The molecule has 0 atom stereocenters. The molecule has 0 unspecified atom stereocenters. The van der Waals surface area contributed by atoms with Crippen molar-refractivity contribution in [3.63, 3.8) is 0 Å². The van der Waals surface area contributed by atoms with Crippen molar-refractivity contribution in [1.82, 2.24) is 5.43 Å². The molecule has 0 heterocycles. The van der Waals surface area contributed by atoms with Gasteiger partial charge in [0.05, 0.1) is 38.0 Å². The molecule has 236 valence electrons. The van der Waals surface area contributed by atoms with E-state index in [1.165, 1.54) is 54.7 Å². The minimum Gasteiger partial charge on any atom is -0.423 e. The number of rotatable bonds is 11. The van der Waals surface area contributed by atoms with Crippen LogP contribution in [0.25, 0.3) is 0 Å². The first-order chi connectivity index (χ1) is 22.3. The minimum absolute atomic E-state index is 0.000740. The Labute approximate surface area is 260 Å². The zero-order valence-corrected chi connectivity index (χ0v) is 23.3. The summed E-state index contributed by atoms with van der Waals surface area (Å²) in [4.78, 5) is 78.3. The van der Waals surface area contributed by atoms with Crippen LogP contribution in [0.5, 0.6) is 5.75 Å². The number of carbonyl (C=O) groups is 3. The molecule has 0 aromatic heterocycles. The predicted molar refractivity (Wildman–Crippen MR) is 160 cm³/mol. The Morgan fingerprint density at radius 1 is 0.638 bits per heavy atom. The summed E-state index contributed by atoms with van der Waals surface area (Å²) >= 11 is 0. The van der Waals surface area contributed by atoms with Crippen LogP contribution in [0, 0.1) is 40.5 Å². The van der Waals surface area contributed by atoms with Gasteiger partial charge in [-0.25, -0.2) is 10.2 Å². The molecule has 0 aliphatic carbocycles. The number of nitro benzene ring substituents is 4. The number of hydrazone groups is 1. The van der Waals surface area contributed by atoms with E-state index >= 15 is 0 Å². The molecule has 4 aromatic carbocycles. The molecule has 0 spiro atoms. The molecular weight excluding hydrogens is 626 g/mol. The third-order valence-corrected chi connectivity index (χ3v) is 6.12. The number of anilines is 1. The number of amides is 2. The fourth-order valence-corrected chi connectivity index (χ4v) is 3.85. The molecule has 0 bridgehead atoms. The van der Waals surface area contributed by atoms with Gasteiger partial charge in [-0.1, -0.05) is 0 Å². The highest BCUT2D eigenvalue weighted by Crippen LogP contribution is 2.27. The average molecular weight is 643 g/mol. The number of nitro groups is 4. The second kappa shape index (κ2) is 13.9. The molecule has 19 nitrogen and oxygen atoms in total. The number of nitrogens with zero attached hydrogens (tertiary/aromatic N) is 5. The van der Waals surface area contributed by atoms with Crippen molar-refractivity contribution in [1.29, 1.82) is 0 Å². The van der Waals surface area contributed by atoms with E-state index in [2.05, 4.69) is 15.8 Å². The quantitative estimate of drug-likeness (QED) is 0.0748. The Morgan fingerprint density at radius 2 is 1.17 bits per heavy atom. The highest BCUT2D eigenvalue weighted by molar-refractivity contribution is 6.07. The van der Waals surface area contributed by atoms with Crippen LogP contribution < -0.4 is 15.5 Å². The lowest BCUT2D eigenvalue weighted by Crippen LogP contribution is -2.18. The van der Waals surface area contributed by atoms with Gasteiger partial charge in [-0.15, -0.1) is 0 Å². The molecule has 47 heavy (non-hydrogen) atoms. The molecule has 0 aliphatic rings. The molecule has 0 fully saturated rings. The number of ether oxygens (including phenoxy) is 1. The van der Waals surface area contributed by atoms with Gasteiger partial charge in [-0.3, -0.25) is 50.0 Å². The number of nitrogens with one attached hydrogen (secondary N) is 2. The zero-order valence-electron chi connectivity index (χ0n) is 23.3. The van der Waals surface area contributed by atoms with Crippen LogP contribution in [0.4, 0.5) is 28.4 Å². The van der Waals surface area contributed by atoms with E-state index in [0.717, 1.165) is 24.3 Å². The fraction of sp³-hybridized carbons (Fsp3) is 0. The van der Waals surface area contributed by atoms with E-state index in [0.29, 0.717) is 17.7 Å². The lowest BCUT2D eigenvalue weighted by atomic mass is 10.1. The second-order valence-corrected chi connectivity index (χ2v) is 9.12. The van der Waals surface area contributed by atoms with E-state index in [1.807, 2.05) is 0 Å². The summed E-state index contributed by atoms with van der Waals surface area (Å²) in [7, 11) is 0. The standard InChI is InChI=1S/C28H17N7O12/c36-26(17-3-5-18(6-4-17)30-27(37)22-11-7-19(32(39)40)13-24(22)34(43)44)31-29-15-16-1-9-21(10-2-16)47-28(38)23-12-8-20(33(41)42)14-25(23)35(45)46/h1-15H,(H,30,37)(H,31,36). The van der Waals surface area contributed by atoms with Gasteiger partial charge in [0.1, 0.15) is 16.9 Å². The number of esters is 1. The zero-order chi connectivity index (χ0) is 34.2. The molecule has 4 aromatic rings. The first-order valence-electron chi connectivity index (χ1n) is 12.8. The first-order valence-corrected chi connectivity index (χ1v) is 12.8. The molecule has 2 N–H and O–H groups in total. The summed E-state index contributed by atoms with van der Waals surface area (Å²) in [6.07, 6.45) is 1.26. The fourth-order valence-electron chi connectivity index (χ4n) is 3.85. The topological polar surface area (TPSA) is 269 Å². The van der Waals surface area contributed by atoms with Crippen molar-refractivity contribution < 1.29 is 38.8 Å². The number of non-ortho nitro benzene ring substituents is 2. The highest BCUT2D eigenvalue weighted by Gasteiger charge is 2.26. The van der Waals surface area contributed by atoms with E-state index < -0.39 is 71.4 Å². The number of hydrogen-bond acceptors (Lipinski definition) is 13. The van der Waals surface area contributed by atoms with Gasteiger partial charge in [0.25, 0.3) is 34.6 Å². The van der Waals surface area contributed by atoms with Gasteiger partial charge in [0.2, 0.25) is 0 Å². The summed E-state index contributed by atoms with van der Waals surface area (Å²) in [6.45, 7) is 0. The Balaban J connectivity index is 1.33. The van der Waals surface area contributed by atoms with Crippen LogP contribution in [-0.4, -0.2) is 43.7 Å². The summed E-state index contributed by atoms with van der Waals surface area (Å²) in [6, 6.07) is 16.1. The second-order valence-electron chi connectivity index (χ2n) is 9.12. The summed E-state index contributed by atoms with van der Waals surface area (Å²) in [5.41, 5.74) is -0.535. The van der Waals surface area contributed by atoms with Crippen molar-refractivity contribution in [2.75, 3.05) is 5.32 Å². The third kappa shape index (κ3) is 7.94. The van der Waals surface area contributed by atoms with Crippen molar-refractivity contribution >= 4 is 52.4 Å². The maximum atomic E-state index is 12.6. The van der Waals surface area contributed by atoms with E-state index in [4.69, 9.17) is 4.74 Å². The van der Waals surface area contributed by atoms with Gasteiger partial charge in [-0.05, 0) is 66.2 Å². The third-order valence-electron chi connectivity index (χ3n) is 6.12. The van der Waals surface area contributed by atoms with E-state index in [1.54, 1.807) is 0 Å². The van der Waals surface area contributed by atoms with Gasteiger partial charge in [0, 0.05) is 23.4 Å². The van der Waals surface area contributed by atoms with Crippen molar-refractivity contribution in [3.8, 4) is 5.75 Å². The summed E-state index contributed by atoms with van der Waals surface area (Å²) < 4.78 is 5.13. The number of benzene rings is 4. The Kier molecular flexibility index (Phi) is 9.60. The predicted octanol–water partition coefficient (Wildman–Crippen LogP) is 4.55. The lowest BCUT2D eigenvalue weighted by molar-refractivity contribution is -0.394. The minimum atomic E-state index is -1.11. The lowest BCUT2D eigenvalue weighted by Gasteiger charge is -2.07. The maximum Gasteiger partial charge on any atom is 0.350 e. The molecule has 19 heteroatoms. The Morgan fingerprint density at radius 3 is 1.70 bits per heavy atom. The largest absolute Gasteiger partial charge is 0.423 e. The molecular formula is C28H17N7O12. The van der Waals surface area contributed by atoms with Crippen LogP contribution in [0.2, 0.25) is 0 Å². The highest BCUT2D eigenvalue weighted by atomic mass is 16.6. The molecule has 0 saturated carbocycles.